The minimum absolute atomic E-state index is 0.164. The molecule has 1 saturated heterocycles. The molecule has 160 valence electrons. The van der Waals surface area contributed by atoms with Crippen LogP contribution < -0.4 is 5.32 Å². The molecule has 1 fully saturated rings. The summed E-state index contributed by atoms with van der Waals surface area (Å²) >= 11 is 0. The van der Waals surface area contributed by atoms with Gasteiger partial charge in [0.2, 0.25) is 0 Å². The molecule has 1 aliphatic heterocycles. The topological polar surface area (TPSA) is 114 Å². The fourth-order valence-electron chi connectivity index (χ4n) is 2.86. The molecule has 0 aliphatic carbocycles. The van der Waals surface area contributed by atoms with Gasteiger partial charge in [0, 0.05) is 51.5 Å². The largest absolute Gasteiger partial charge is 0.449 e. The number of hydrogen-bond donors (Lipinski definition) is 1. The van der Waals surface area contributed by atoms with Gasteiger partial charge in [-0.15, -0.1) is 0 Å². The zero-order valence-corrected chi connectivity index (χ0v) is 17.1. The highest BCUT2D eigenvalue weighted by Crippen LogP contribution is 2.26. The average Bonchev–Trinajstić information content (AvgIpc) is 2.71. The van der Waals surface area contributed by atoms with Gasteiger partial charge in [0.15, 0.2) is 0 Å². The number of amides is 2. The third kappa shape index (κ3) is 6.31. The number of nitro groups is 1. The molecule has 0 spiro atoms. The van der Waals surface area contributed by atoms with Crippen LogP contribution in [0.5, 0.6) is 0 Å². The first-order chi connectivity index (χ1) is 13.8. The molecule has 0 atom stereocenters. The molecule has 1 aliphatic rings. The Balaban J connectivity index is 1.99. The van der Waals surface area contributed by atoms with Crippen LogP contribution in [0, 0.1) is 16.0 Å². The van der Waals surface area contributed by atoms with Gasteiger partial charge in [0.25, 0.3) is 11.6 Å². The maximum absolute atomic E-state index is 12.8. The summed E-state index contributed by atoms with van der Waals surface area (Å²) in [5.41, 5.74) is 0.411. The van der Waals surface area contributed by atoms with E-state index in [0.717, 1.165) is 0 Å². The van der Waals surface area contributed by atoms with Gasteiger partial charge in [0.1, 0.15) is 5.69 Å². The first-order valence-corrected chi connectivity index (χ1v) is 9.55. The number of carbonyl (C=O) groups excluding carboxylic acids is 2. The van der Waals surface area contributed by atoms with Gasteiger partial charge in [-0.3, -0.25) is 14.9 Å². The molecule has 10 nitrogen and oxygen atoms in total. The molecule has 29 heavy (non-hydrogen) atoms. The molecular weight excluding hydrogens is 380 g/mol. The van der Waals surface area contributed by atoms with Crippen molar-refractivity contribution in [3.05, 3.63) is 33.9 Å². The molecule has 1 N–H and O–H groups in total. The normalized spacial score (nSPS) is 14.1. The third-order valence-corrected chi connectivity index (χ3v) is 4.43. The van der Waals surface area contributed by atoms with Crippen molar-refractivity contribution in [2.24, 2.45) is 5.92 Å². The van der Waals surface area contributed by atoms with E-state index in [4.69, 9.17) is 9.47 Å². The smallest absolute Gasteiger partial charge is 0.409 e. The highest BCUT2D eigenvalue weighted by Gasteiger charge is 2.27. The van der Waals surface area contributed by atoms with Gasteiger partial charge in [-0.25, -0.2) is 4.79 Å². The Morgan fingerprint density at radius 2 is 1.86 bits per heavy atom. The molecule has 1 heterocycles. The van der Waals surface area contributed by atoms with Crippen LogP contribution in [0.25, 0.3) is 0 Å². The predicted octanol–water partition coefficient (Wildman–Crippen LogP) is 2.20. The van der Waals surface area contributed by atoms with Gasteiger partial charge in [-0.05, 0) is 18.1 Å². The summed E-state index contributed by atoms with van der Waals surface area (Å²) in [4.78, 5) is 38.8. The number of ether oxygens (including phenoxy) is 2. The maximum atomic E-state index is 12.8. The molecule has 10 heteroatoms. The van der Waals surface area contributed by atoms with Gasteiger partial charge < -0.3 is 24.6 Å². The molecule has 2 amide bonds. The fourth-order valence-corrected chi connectivity index (χ4v) is 2.86. The highest BCUT2D eigenvalue weighted by atomic mass is 16.6. The lowest BCUT2D eigenvalue weighted by atomic mass is 10.1. The van der Waals surface area contributed by atoms with Crippen molar-refractivity contribution in [1.82, 2.24) is 9.80 Å². The van der Waals surface area contributed by atoms with Crippen molar-refractivity contribution >= 4 is 23.4 Å². The summed E-state index contributed by atoms with van der Waals surface area (Å²) in [5, 5.41) is 14.3. The Labute approximate surface area is 169 Å². The summed E-state index contributed by atoms with van der Waals surface area (Å²) < 4.78 is 10.1. The molecule has 0 unspecified atom stereocenters. The van der Waals surface area contributed by atoms with E-state index >= 15 is 0 Å². The van der Waals surface area contributed by atoms with Crippen LogP contribution in [0.3, 0.4) is 0 Å². The number of nitrogens with one attached hydrogen (secondary N) is 1. The first kappa shape index (κ1) is 22.4. The van der Waals surface area contributed by atoms with Crippen molar-refractivity contribution in [3.63, 3.8) is 0 Å². The van der Waals surface area contributed by atoms with E-state index in [1.54, 1.807) is 23.0 Å². The minimum Gasteiger partial charge on any atom is -0.449 e. The zero-order chi connectivity index (χ0) is 21.4. The van der Waals surface area contributed by atoms with Crippen molar-refractivity contribution in [2.75, 3.05) is 58.4 Å². The standard InChI is InChI=1S/C19H28N4O6/c1-14(2)13-29-19(25)22-9-7-21(8-10-22)18(24)15-4-5-16(20-6-11-28-3)17(12-15)23(26)27/h4-5,12,14,20H,6-11,13H2,1-3H3. The van der Waals surface area contributed by atoms with Crippen molar-refractivity contribution in [2.45, 2.75) is 13.8 Å². The number of nitrogens with zero attached hydrogens (tertiary/aromatic N) is 3. The van der Waals surface area contributed by atoms with E-state index < -0.39 is 4.92 Å². The van der Waals surface area contributed by atoms with E-state index in [1.807, 2.05) is 13.8 Å². The quantitative estimate of drug-likeness (QED) is 0.398. The minimum atomic E-state index is -0.519. The summed E-state index contributed by atoms with van der Waals surface area (Å²) in [6.07, 6.45) is -0.382. The third-order valence-electron chi connectivity index (χ3n) is 4.43. The van der Waals surface area contributed by atoms with Crippen LogP contribution >= 0.6 is 0 Å². The Morgan fingerprint density at radius 3 is 2.45 bits per heavy atom. The van der Waals surface area contributed by atoms with Gasteiger partial charge >= 0.3 is 6.09 Å². The number of carbonyl (C=O) groups is 2. The second-order valence-electron chi connectivity index (χ2n) is 7.16. The lowest BCUT2D eigenvalue weighted by Gasteiger charge is -2.34. The average molecular weight is 408 g/mol. The SMILES string of the molecule is COCCNc1ccc(C(=O)N2CCN(C(=O)OCC(C)C)CC2)cc1[N+](=O)[O-]. The summed E-state index contributed by atoms with van der Waals surface area (Å²) in [6, 6.07) is 4.37. The summed E-state index contributed by atoms with van der Waals surface area (Å²) in [5.74, 6) is -0.0451. The Bertz CT molecular complexity index is 731. The number of benzene rings is 1. The lowest BCUT2D eigenvalue weighted by molar-refractivity contribution is -0.384. The molecule has 1 aromatic rings. The Kier molecular flexibility index (Phi) is 8.20. The number of methoxy groups -OCH3 is 1. The molecule has 0 bridgehead atoms. The second kappa shape index (κ2) is 10.6. The molecule has 2 rings (SSSR count). The summed E-state index contributed by atoms with van der Waals surface area (Å²) in [6.45, 7) is 6.51. The number of hydrogen-bond acceptors (Lipinski definition) is 7. The lowest BCUT2D eigenvalue weighted by Crippen LogP contribution is -2.50. The zero-order valence-electron chi connectivity index (χ0n) is 17.1. The van der Waals surface area contributed by atoms with E-state index in [0.29, 0.717) is 51.6 Å². The van der Waals surface area contributed by atoms with Gasteiger partial charge in [0.05, 0.1) is 18.1 Å². The summed E-state index contributed by atoms with van der Waals surface area (Å²) in [7, 11) is 1.54. The van der Waals surface area contributed by atoms with Crippen molar-refractivity contribution < 1.29 is 24.0 Å². The monoisotopic (exact) mass is 408 g/mol. The molecule has 1 aromatic carbocycles. The van der Waals surface area contributed by atoms with Crippen LogP contribution in [0.4, 0.5) is 16.2 Å². The van der Waals surface area contributed by atoms with Crippen molar-refractivity contribution in [1.29, 1.82) is 0 Å². The number of anilines is 1. The van der Waals surface area contributed by atoms with Crippen molar-refractivity contribution in [3.8, 4) is 0 Å². The second-order valence-corrected chi connectivity index (χ2v) is 7.16. The molecule has 0 radical (unpaired) electrons. The van der Waals surface area contributed by atoms with Gasteiger partial charge in [-0.2, -0.15) is 0 Å². The maximum Gasteiger partial charge on any atom is 0.409 e. The van der Waals surface area contributed by atoms with E-state index in [1.165, 1.54) is 12.1 Å². The first-order valence-electron chi connectivity index (χ1n) is 9.55. The highest BCUT2D eigenvalue weighted by molar-refractivity contribution is 5.96. The fraction of sp³-hybridized carbons (Fsp3) is 0.579. The van der Waals surface area contributed by atoms with E-state index in [9.17, 15) is 19.7 Å². The van der Waals surface area contributed by atoms with Crippen LogP contribution in [0.15, 0.2) is 18.2 Å². The van der Waals surface area contributed by atoms with Crippen LogP contribution in [0.2, 0.25) is 0 Å². The van der Waals surface area contributed by atoms with E-state index in [2.05, 4.69) is 5.32 Å². The van der Waals surface area contributed by atoms with Crippen LogP contribution in [-0.2, 0) is 9.47 Å². The molecule has 0 aromatic heterocycles. The predicted molar refractivity (Wildman–Crippen MR) is 107 cm³/mol. The van der Waals surface area contributed by atoms with Gasteiger partial charge in [-0.1, -0.05) is 13.8 Å². The number of piperazine rings is 1. The molecular formula is C19H28N4O6. The van der Waals surface area contributed by atoms with Crippen LogP contribution in [0.1, 0.15) is 24.2 Å². The molecule has 0 saturated carbocycles. The number of rotatable bonds is 8. The number of nitro benzene ring substituents is 1. The Hall–Kier alpha value is -2.88. The van der Waals surface area contributed by atoms with E-state index in [-0.39, 0.29) is 29.2 Å². The Morgan fingerprint density at radius 1 is 1.21 bits per heavy atom. The van der Waals surface area contributed by atoms with Crippen LogP contribution in [-0.4, -0.2) is 79.8 Å².